The molecule has 1 atom stereocenters. The zero-order valence-electron chi connectivity index (χ0n) is 9.17. The van der Waals surface area contributed by atoms with Gasteiger partial charge in [0.15, 0.2) is 0 Å². The van der Waals surface area contributed by atoms with Gasteiger partial charge in [-0.3, -0.25) is 14.5 Å². The summed E-state index contributed by atoms with van der Waals surface area (Å²) < 4.78 is 0. The number of benzene rings is 1. The van der Waals surface area contributed by atoms with Crippen molar-refractivity contribution in [3.63, 3.8) is 0 Å². The number of carbonyl (C=O) groups excluding carboxylic acids is 2. The van der Waals surface area contributed by atoms with E-state index in [2.05, 4.69) is 5.92 Å². The SMILES string of the molecule is C#C[C@H](Cc1ccccc1)N1C(=O)C=CC1=O. The minimum atomic E-state index is -0.521. The highest BCUT2D eigenvalue weighted by molar-refractivity contribution is 6.13. The average molecular weight is 225 g/mol. The van der Waals surface area contributed by atoms with Crippen molar-refractivity contribution in [1.82, 2.24) is 4.90 Å². The average Bonchev–Trinajstić information content (AvgIpc) is 2.68. The van der Waals surface area contributed by atoms with E-state index in [1.54, 1.807) is 0 Å². The van der Waals surface area contributed by atoms with E-state index in [9.17, 15) is 9.59 Å². The van der Waals surface area contributed by atoms with Crippen molar-refractivity contribution in [3.05, 3.63) is 48.0 Å². The highest BCUT2D eigenvalue weighted by atomic mass is 16.2. The molecule has 3 heteroatoms. The van der Waals surface area contributed by atoms with Gasteiger partial charge >= 0.3 is 0 Å². The Labute approximate surface area is 99.7 Å². The van der Waals surface area contributed by atoms with E-state index in [1.807, 2.05) is 30.3 Å². The van der Waals surface area contributed by atoms with Gasteiger partial charge in [-0.2, -0.15) is 0 Å². The second-order valence-electron chi connectivity index (χ2n) is 3.75. The van der Waals surface area contributed by atoms with Gasteiger partial charge in [0, 0.05) is 18.6 Å². The van der Waals surface area contributed by atoms with Crippen LogP contribution in [0.5, 0.6) is 0 Å². The number of amides is 2. The number of carbonyl (C=O) groups is 2. The van der Waals surface area contributed by atoms with E-state index in [4.69, 9.17) is 6.42 Å². The summed E-state index contributed by atoms with van der Waals surface area (Å²) >= 11 is 0. The third kappa shape index (κ3) is 2.26. The first-order valence-corrected chi connectivity index (χ1v) is 5.27. The van der Waals surface area contributed by atoms with Gasteiger partial charge in [0.1, 0.15) is 6.04 Å². The Morgan fingerprint density at radius 3 is 2.24 bits per heavy atom. The van der Waals surface area contributed by atoms with E-state index < -0.39 is 6.04 Å². The van der Waals surface area contributed by atoms with Crippen LogP contribution < -0.4 is 0 Å². The zero-order chi connectivity index (χ0) is 12.3. The lowest BCUT2D eigenvalue weighted by Gasteiger charge is -2.21. The number of terminal acetylenes is 1. The molecule has 1 aliphatic rings. The maximum Gasteiger partial charge on any atom is 0.254 e. The van der Waals surface area contributed by atoms with Crippen molar-refractivity contribution < 1.29 is 9.59 Å². The third-order valence-electron chi connectivity index (χ3n) is 2.62. The van der Waals surface area contributed by atoms with Gasteiger partial charge in [-0.05, 0) is 5.56 Å². The minimum Gasteiger partial charge on any atom is -0.269 e. The molecule has 0 radical (unpaired) electrons. The van der Waals surface area contributed by atoms with E-state index in [1.165, 1.54) is 12.2 Å². The molecule has 0 unspecified atom stereocenters. The van der Waals surface area contributed by atoms with Crippen molar-refractivity contribution in [1.29, 1.82) is 0 Å². The lowest BCUT2D eigenvalue weighted by Crippen LogP contribution is -2.40. The molecule has 0 N–H and O–H groups in total. The molecule has 1 aliphatic heterocycles. The van der Waals surface area contributed by atoms with Gasteiger partial charge in [-0.15, -0.1) is 6.42 Å². The Bertz CT molecular complexity index is 493. The summed E-state index contributed by atoms with van der Waals surface area (Å²) in [4.78, 5) is 24.1. The molecule has 0 spiro atoms. The molecule has 0 bridgehead atoms. The predicted octanol–water partition coefficient (Wildman–Crippen LogP) is 1.16. The van der Waals surface area contributed by atoms with Crippen LogP contribution in [0.1, 0.15) is 5.56 Å². The lowest BCUT2D eigenvalue weighted by atomic mass is 10.1. The molecule has 2 amide bonds. The molecule has 2 rings (SSSR count). The third-order valence-corrected chi connectivity index (χ3v) is 2.62. The van der Waals surface area contributed by atoms with Crippen LogP contribution in [0.25, 0.3) is 0 Å². The summed E-state index contributed by atoms with van der Waals surface area (Å²) in [7, 11) is 0. The minimum absolute atomic E-state index is 0.339. The predicted molar refractivity (Wildman–Crippen MR) is 63.8 cm³/mol. The number of nitrogens with zero attached hydrogens (tertiary/aromatic N) is 1. The number of hydrogen-bond donors (Lipinski definition) is 0. The maximum atomic E-state index is 11.5. The molecule has 0 saturated heterocycles. The van der Waals surface area contributed by atoms with Crippen molar-refractivity contribution >= 4 is 11.8 Å². The smallest absolute Gasteiger partial charge is 0.254 e. The van der Waals surface area contributed by atoms with E-state index in [-0.39, 0.29) is 11.8 Å². The van der Waals surface area contributed by atoms with Crippen LogP contribution in [0.3, 0.4) is 0 Å². The molecule has 0 aromatic heterocycles. The number of hydrogen-bond acceptors (Lipinski definition) is 2. The molecule has 84 valence electrons. The molecular weight excluding hydrogens is 214 g/mol. The molecular formula is C14H11NO2. The Hall–Kier alpha value is -2.34. The highest BCUT2D eigenvalue weighted by Gasteiger charge is 2.29. The van der Waals surface area contributed by atoms with Crippen LogP contribution in [0.2, 0.25) is 0 Å². The first kappa shape index (κ1) is 11.2. The van der Waals surface area contributed by atoms with Crippen LogP contribution in [0.15, 0.2) is 42.5 Å². The second-order valence-corrected chi connectivity index (χ2v) is 3.75. The Balaban J connectivity index is 2.16. The topological polar surface area (TPSA) is 37.4 Å². The van der Waals surface area contributed by atoms with Crippen molar-refractivity contribution in [2.45, 2.75) is 12.5 Å². The molecule has 0 saturated carbocycles. The molecule has 0 fully saturated rings. The van der Waals surface area contributed by atoms with Gasteiger partial charge in [-0.1, -0.05) is 36.3 Å². The van der Waals surface area contributed by atoms with Crippen LogP contribution >= 0.6 is 0 Å². The fraction of sp³-hybridized carbons (Fsp3) is 0.143. The van der Waals surface area contributed by atoms with Gasteiger partial charge < -0.3 is 0 Å². The highest BCUT2D eigenvalue weighted by Crippen LogP contribution is 2.13. The van der Waals surface area contributed by atoms with Crippen LogP contribution in [-0.2, 0) is 16.0 Å². The summed E-state index contributed by atoms with van der Waals surface area (Å²) in [5, 5.41) is 0. The molecule has 1 aromatic rings. The first-order valence-electron chi connectivity index (χ1n) is 5.27. The largest absolute Gasteiger partial charge is 0.269 e. The second kappa shape index (κ2) is 4.67. The lowest BCUT2D eigenvalue weighted by molar-refractivity contribution is -0.138. The fourth-order valence-corrected chi connectivity index (χ4v) is 1.78. The molecule has 3 nitrogen and oxygen atoms in total. The van der Waals surface area contributed by atoms with Crippen molar-refractivity contribution in [2.24, 2.45) is 0 Å². The Morgan fingerprint density at radius 2 is 1.71 bits per heavy atom. The van der Waals surface area contributed by atoms with Gasteiger partial charge in [0.05, 0.1) is 0 Å². The normalized spacial score (nSPS) is 16.1. The van der Waals surface area contributed by atoms with E-state index in [0.29, 0.717) is 6.42 Å². The summed E-state index contributed by atoms with van der Waals surface area (Å²) in [6.45, 7) is 0. The molecule has 0 aliphatic carbocycles. The van der Waals surface area contributed by atoms with Crippen LogP contribution in [-0.4, -0.2) is 22.8 Å². The summed E-state index contributed by atoms with van der Waals surface area (Å²) in [5.74, 6) is 1.82. The Kier molecular flexibility index (Phi) is 3.06. The zero-order valence-corrected chi connectivity index (χ0v) is 9.17. The molecule has 1 heterocycles. The van der Waals surface area contributed by atoms with E-state index in [0.717, 1.165) is 10.5 Å². The molecule has 1 aromatic carbocycles. The van der Waals surface area contributed by atoms with E-state index >= 15 is 0 Å². The molecule has 17 heavy (non-hydrogen) atoms. The maximum absolute atomic E-state index is 11.5. The fourth-order valence-electron chi connectivity index (χ4n) is 1.78. The monoisotopic (exact) mass is 225 g/mol. The first-order chi connectivity index (χ1) is 8.22. The summed E-state index contributed by atoms with van der Waals surface area (Å²) in [5.41, 5.74) is 1.00. The van der Waals surface area contributed by atoms with Crippen LogP contribution in [0.4, 0.5) is 0 Å². The summed E-state index contributed by atoms with van der Waals surface area (Å²) in [6.07, 6.45) is 8.38. The Morgan fingerprint density at radius 1 is 1.12 bits per heavy atom. The number of rotatable bonds is 3. The van der Waals surface area contributed by atoms with Gasteiger partial charge in [-0.25, -0.2) is 0 Å². The van der Waals surface area contributed by atoms with Gasteiger partial charge in [0.2, 0.25) is 0 Å². The van der Waals surface area contributed by atoms with Gasteiger partial charge in [0.25, 0.3) is 11.8 Å². The number of imide groups is 1. The van der Waals surface area contributed by atoms with Crippen LogP contribution in [0, 0.1) is 12.3 Å². The summed E-state index contributed by atoms with van der Waals surface area (Å²) in [6, 6.07) is 9.02. The standard InChI is InChI=1S/C14H11NO2/c1-2-12(10-11-6-4-3-5-7-11)15-13(16)8-9-14(15)17/h1,3-9,12H,10H2/t12-/m1/s1. The van der Waals surface area contributed by atoms with Crippen molar-refractivity contribution in [3.8, 4) is 12.3 Å². The van der Waals surface area contributed by atoms with Crippen molar-refractivity contribution in [2.75, 3.05) is 0 Å². The quantitative estimate of drug-likeness (QED) is 0.571.